The summed E-state index contributed by atoms with van der Waals surface area (Å²) in [4.78, 5) is 25.8. The normalized spacial score (nSPS) is 12.5. The van der Waals surface area contributed by atoms with Gasteiger partial charge in [0.15, 0.2) is 0 Å². The van der Waals surface area contributed by atoms with Gasteiger partial charge in [-0.25, -0.2) is 0 Å². The Kier molecular flexibility index (Phi) is 6.58. The highest BCUT2D eigenvalue weighted by Gasteiger charge is 2.17. The topological polar surface area (TPSA) is 62.9 Å². The first-order valence-corrected chi connectivity index (χ1v) is 10.4. The molecule has 0 spiro atoms. The summed E-state index contributed by atoms with van der Waals surface area (Å²) in [6.45, 7) is 4.33. The predicted octanol–water partition coefficient (Wildman–Crippen LogP) is 3.27. The number of carbonyl (C=O) groups excluding carboxylic acids is 1. The molecule has 3 aromatic rings. The fourth-order valence-corrected chi connectivity index (χ4v) is 4.31. The van der Waals surface area contributed by atoms with E-state index in [1.165, 1.54) is 15.9 Å². The second-order valence-electron chi connectivity index (χ2n) is 6.64. The molecule has 0 bridgehead atoms. The molecule has 2 aromatic carbocycles. The lowest BCUT2D eigenvalue weighted by molar-refractivity contribution is 0.105. The molecule has 0 saturated heterocycles. The van der Waals surface area contributed by atoms with Crippen LogP contribution in [0.3, 0.4) is 0 Å². The van der Waals surface area contributed by atoms with E-state index in [9.17, 15) is 14.9 Å². The van der Waals surface area contributed by atoms with Crippen molar-refractivity contribution >= 4 is 28.8 Å². The molecule has 1 aromatic heterocycles. The summed E-state index contributed by atoms with van der Waals surface area (Å²) in [7, 11) is 0. The van der Waals surface area contributed by atoms with Crippen LogP contribution in [0.25, 0.3) is 11.6 Å². The zero-order valence-corrected chi connectivity index (χ0v) is 17.3. The van der Waals surface area contributed by atoms with E-state index < -0.39 is 0 Å². The molecule has 5 heteroatoms. The average Bonchev–Trinajstić information content (AvgIpc) is 3.05. The van der Waals surface area contributed by atoms with Crippen LogP contribution in [0, 0.1) is 11.3 Å². The third kappa shape index (κ3) is 4.44. The van der Waals surface area contributed by atoms with E-state index in [1.807, 2.05) is 55.5 Å². The minimum absolute atomic E-state index is 0.00454. The molecular formula is C24H22N2O2S. The predicted molar refractivity (Wildman–Crippen MR) is 117 cm³/mol. The Labute approximate surface area is 173 Å². The van der Waals surface area contributed by atoms with Gasteiger partial charge in [-0.1, -0.05) is 67.9 Å². The maximum Gasteiger partial charge on any atom is 0.269 e. The van der Waals surface area contributed by atoms with Gasteiger partial charge in [0.2, 0.25) is 5.78 Å². The third-order valence-electron chi connectivity index (χ3n) is 4.63. The van der Waals surface area contributed by atoms with Crippen LogP contribution in [0.15, 0.2) is 59.4 Å². The quantitative estimate of drug-likeness (QED) is 0.595. The summed E-state index contributed by atoms with van der Waals surface area (Å²) in [5, 5.41) is 9.73. The van der Waals surface area contributed by atoms with Gasteiger partial charge in [-0.2, -0.15) is 5.26 Å². The SMILES string of the molecule is CCCc1ccc(C(=O)/C(C#N)=c2\s/c(=C\c3ccccc3)c(=O)n2CC)cc1. The number of benzene rings is 2. The van der Waals surface area contributed by atoms with Crippen molar-refractivity contribution in [1.29, 1.82) is 5.26 Å². The maximum absolute atomic E-state index is 13.0. The van der Waals surface area contributed by atoms with Gasteiger partial charge in [-0.05, 0) is 30.5 Å². The highest BCUT2D eigenvalue weighted by molar-refractivity contribution is 7.07. The Hall–Kier alpha value is -3.23. The molecule has 4 nitrogen and oxygen atoms in total. The Balaban J connectivity index is 2.16. The zero-order valence-electron chi connectivity index (χ0n) is 16.5. The van der Waals surface area contributed by atoms with E-state index >= 15 is 0 Å². The van der Waals surface area contributed by atoms with E-state index in [-0.39, 0.29) is 16.9 Å². The number of Topliss-reactive ketones (excluding diaryl/α,β-unsaturated/α-hetero) is 1. The van der Waals surface area contributed by atoms with Crippen LogP contribution in [0.1, 0.15) is 41.8 Å². The third-order valence-corrected chi connectivity index (χ3v) is 5.76. The van der Waals surface area contributed by atoms with Crippen molar-refractivity contribution in [3.8, 4) is 6.07 Å². The summed E-state index contributed by atoms with van der Waals surface area (Å²) in [6, 6.07) is 18.9. The fraction of sp³-hybridized carbons (Fsp3) is 0.208. The summed E-state index contributed by atoms with van der Waals surface area (Å²) < 4.78 is 2.41. The standard InChI is InChI=1S/C24H22N2O2S/c1-3-8-17-11-13-19(14-12-17)22(27)20(16-25)24-26(4-2)23(28)21(29-24)15-18-9-6-5-7-10-18/h5-7,9-15H,3-4,8H2,1-2H3/b21-15-,24-20-. The average molecular weight is 403 g/mol. The molecule has 0 aliphatic rings. The smallest absolute Gasteiger partial charge is 0.269 e. The van der Waals surface area contributed by atoms with Crippen LogP contribution in [-0.4, -0.2) is 10.4 Å². The van der Waals surface area contributed by atoms with E-state index in [2.05, 4.69) is 6.92 Å². The lowest BCUT2D eigenvalue weighted by Gasteiger charge is -2.03. The summed E-state index contributed by atoms with van der Waals surface area (Å²) in [5.74, 6) is -0.356. The number of hydrogen-bond acceptors (Lipinski definition) is 4. The van der Waals surface area contributed by atoms with Crippen LogP contribution in [0.5, 0.6) is 0 Å². The van der Waals surface area contributed by atoms with Gasteiger partial charge in [0.25, 0.3) is 5.56 Å². The molecular weight excluding hydrogens is 380 g/mol. The molecule has 0 saturated carbocycles. The van der Waals surface area contributed by atoms with Gasteiger partial charge in [0.1, 0.15) is 16.3 Å². The van der Waals surface area contributed by atoms with E-state index in [4.69, 9.17) is 0 Å². The molecule has 0 unspecified atom stereocenters. The number of hydrogen-bond donors (Lipinski definition) is 0. The maximum atomic E-state index is 13.0. The number of thiazole rings is 1. The van der Waals surface area contributed by atoms with Crippen LogP contribution in [0.2, 0.25) is 0 Å². The largest absolute Gasteiger partial charge is 0.298 e. The van der Waals surface area contributed by atoms with Gasteiger partial charge < -0.3 is 0 Å². The number of aryl methyl sites for hydroxylation is 1. The fourth-order valence-electron chi connectivity index (χ4n) is 3.14. The first-order chi connectivity index (χ1) is 14.1. The minimum atomic E-state index is -0.356. The number of rotatable bonds is 6. The molecule has 3 rings (SSSR count). The van der Waals surface area contributed by atoms with E-state index in [0.29, 0.717) is 21.3 Å². The number of nitriles is 1. The van der Waals surface area contributed by atoms with Crippen molar-refractivity contribution in [2.24, 2.45) is 0 Å². The van der Waals surface area contributed by atoms with Crippen LogP contribution < -0.4 is 14.8 Å². The first kappa shape index (κ1) is 20.5. The molecule has 0 aliphatic carbocycles. The first-order valence-electron chi connectivity index (χ1n) is 9.63. The minimum Gasteiger partial charge on any atom is -0.298 e. The Bertz CT molecular complexity index is 1230. The monoisotopic (exact) mass is 402 g/mol. The Morgan fingerprint density at radius 3 is 2.38 bits per heavy atom. The molecule has 0 aliphatic heterocycles. The Morgan fingerprint density at radius 2 is 1.79 bits per heavy atom. The van der Waals surface area contributed by atoms with Crippen molar-refractivity contribution in [2.75, 3.05) is 0 Å². The van der Waals surface area contributed by atoms with Crippen molar-refractivity contribution in [3.05, 3.63) is 90.8 Å². The molecule has 1 heterocycles. The second-order valence-corrected chi connectivity index (χ2v) is 7.67. The van der Waals surface area contributed by atoms with Gasteiger partial charge in [0.05, 0.1) is 4.53 Å². The molecule has 29 heavy (non-hydrogen) atoms. The molecule has 0 atom stereocenters. The highest BCUT2D eigenvalue weighted by Crippen LogP contribution is 2.11. The van der Waals surface area contributed by atoms with Crippen molar-refractivity contribution < 1.29 is 4.79 Å². The number of carbonyl (C=O) groups is 1. The van der Waals surface area contributed by atoms with Crippen LogP contribution in [0.4, 0.5) is 0 Å². The number of nitrogens with zero attached hydrogens (tertiary/aromatic N) is 2. The molecule has 0 N–H and O–H groups in total. The van der Waals surface area contributed by atoms with Crippen molar-refractivity contribution in [2.45, 2.75) is 33.2 Å². The highest BCUT2D eigenvalue weighted by atomic mass is 32.1. The zero-order chi connectivity index (χ0) is 20.8. The van der Waals surface area contributed by atoms with Crippen LogP contribution in [-0.2, 0) is 13.0 Å². The summed E-state index contributed by atoms with van der Waals surface area (Å²) in [6.07, 6.45) is 3.77. The van der Waals surface area contributed by atoms with Gasteiger partial charge in [-0.15, -0.1) is 11.3 Å². The molecule has 0 fully saturated rings. The lowest BCUT2D eigenvalue weighted by atomic mass is 10.0. The van der Waals surface area contributed by atoms with Gasteiger partial charge >= 0.3 is 0 Å². The summed E-state index contributed by atoms with van der Waals surface area (Å²) in [5.41, 5.74) is 2.33. The van der Waals surface area contributed by atoms with Crippen molar-refractivity contribution in [3.63, 3.8) is 0 Å². The lowest BCUT2D eigenvalue weighted by Crippen LogP contribution is -2.32. The Morgan fingerprint density at radius 1 is 1.10 bits per heavy atom. The number of aromatic nitrogens is 1. The second kappa shape index (κ2) is 9.31. The summed E-state index contributed by atoms with van der Waals surface area (Å²) >= 11 is 1.19. The van der Waals surface area contributed by atoms with Gasteiger partial charge in [-0.3, -0.25) is 14.2 Å². The molecule has 146 valence electrons. The van der Waals surface area contributed by atoms with E-state index in [0.717, 1.165) is 24.0 Å². The number of ketones is 1. The molecule has 0 amide bonds. The molecule has 0 radical (unpaired) electrons. The van der Waals surface area contributed by atoms with Crippen molar-refractivity contribution in [1.82, 2.24) is 4.57 Å². The van der Waals surface area contributed by atoms with E-state index in [1.54, 1.807) is 18.2 Å². The van der Waals surface area contributed by atoms with Crippen LogP contribution >= 0.6 is 11.3 Å². The van der Waals surface area contributed by atoms with Gasteiger partial charge in [0, 0.05) is 12.1 Å².